The zero-order chi connectivity index (χ0) is 14.5. The Bertz CT molecular complexity index is 481. The van der Waals surface area contributed by atoms with Crippen molar-refractivity contribution in [3.8, 4) is 0 Å². The number of amides is 1. The molecule has 1 aliphatic rings. The third-order valence-electron chi connectivity index (χ3n) is 3.88. The minimum Gasteiger partial charge on any atom is -0.348 e. The van der Waals surface area contributed by atoms with Gasteiger partial charge in [0.1, 0.15) is 0 Å². The van der Waals surface area contributed by atoms with Gasteiger partial charge in [-0.1, -0.05) is 12.8 Å². The number of non-ortho nitro benzene ring substituents is 1. The van der Waals surface area contributed by atoms with E-state index in [9.17, 15) is 14.9 Å². The molecule has 108 valence electrons. The second kappa shape index (κ2) is 6.47. The van der Waals surface area contributed by atoms with Crippen LogP contribution in [0.25, 0.3) is 0 Å². The summed E-state index contributed by atoms with van der Waals surface area (Å²) < 4.78 is 0. The van der Waals surface area contributed by atoms with E-state index in [-0.39, 0.29) is 17.6 Å². The van der Waals surface area contributed by atoms with Crippen LogP contribution in [0.5, 0.6) is 0 Å². The molecular formula is C14H19N3O3. The van der Waals surface area contributed by atoms with E-state index in [1.165, 1.54) is 37.1 Å². The number of hydrogen-bond acceptors (Lipinski definition) is 4. The van der Waals surface area contributed by atoms with Crippen molar-refractivity contribution in [2.45, 2.75) is 31.7 Å². The highest BCUT2D eigenvalue weighted by Gasteiger charge is 2.25. The van der Waals surface area contributed by atoms with Crippen LogP contribution in [0, 0.1) is 16.0 Å². The molecule has 0 saturated heterocycles. The monoisotopic (exact) mass is 277 g/mol. The first-order valence-corrected chi connectivity index (χ1v) is 6.87. The lowest BCUT2D eigenvalue weighted by molar-refractivity contribution is -0.384. The molecule has 1 unspecified atom stereocenters. The Hall–Kier alpha value is -1.95. The van der Waals surface area contributed by atoms with Crippen LogP contribution in [0.3, 0.4) is 0 Å². The van der Waals surface area contributed by atoms with Gasteiger partial charge >= 0.3 is 0 Å². The summed E-state index contributed by atoms with van der Waals surface area (Å²) >= 11 is 0. The second-order valence-electron chi connectivity index (χ2n) is 5.16. The van der Waals surface area contributed by atoms with E-state index < -0.39 is 4.92 Å². The Labute approximate surface area is 117 Å². The summed E-state index contributed by atoms with van der Waals surface area (Å²) in [6, 6.07) is 5.59. The van der Waals surface area contributed by atoms with Gasteiger partial charge in [0.15, 0.2) is 0 Å². The highest BCUT2D eigenvalue weighted by atomic mass is 16.6. The number of benzene rings is 1. The predicted molar refractivity (Wildman–Crippen MR) is 75.4 cm³/mol. The highest BCUT2D eigenvalue weighted by molar-refractivity contribution is 5.94. The van der Waals surface area contributed by atoms with Crippen molar-refractivity contribution in [1.29, 1.82) is 0 Å². The molecule has 20 heavy (non-hydrogen) atoms. The molecule has 3 N–H and O–H groups in total. The number of nitrogens with one attached hydrogen (secondary N) is 1. The number of carbonyl (C=O) groups excluding carboxylic acids is 1. The van der Waals surface area contributed by atoms with Gasteiger partial charge in [0.25, 0.3) is 11.6 Å². The predicted octanol–water partition coefficient (Wildman–Crippen LogP) is 1.84. The zero-order valence-corrected chi connectivity index (χ0v) is 11.2. The van der Waals surface area contributed by atoms with Crippen molar-refractivity contribution in [1.82, 2.24) is 5.32 Å². The Balaban J connectivity index is 2.00. The molecule has 0 aromatic heterocycles. The fourth-order valence-corrected chi connectivity index (χ4v) is 2.72. The summed E-state index contributed by atoms with van der Waals surface area (Å²) in [6.07, 6.45) is 4.58. The van der Waals surface area contributed by atoms with E-state index in [0.717, 1.165) is 12.8 Å². The van der Waals surface area contributed by atoms with Gasteiger partial charge < -0.3 is 11.1 Å². The van der Waals surface area contributed by atoms with Gasteiger partial charge in [-0.25, -0.2) is 0 Å². The minimum atomic E-state index is -0.483. The maximum atomic E-state index is 12.1. The number of nitro benzene ring substituents is 1. The number of hydrogen-bond donors (Lipinski definition) is 2. The van der Waals surface area contributed by atoms with E-state index in [0.29, 0.717) is 18.0 Å². The Morgan fingerprint density at radius 3 is 2.45 bits per heavy atom. The smallest absolute Gasteiger partial charge is 0.269 e. The first kappa shape index (κ1) is 14.5. The van der Waals surface area contributed by atoms with E-state index >= 15 is 0 Å². The van der Waals surface area contributed by atoms with Gasteiger partial charge in [-0.05, 0) is 30.9 Å². The van der Waals surface area contributed by atoms with E-state index in [1.807, 2.05) is 0 Å². The van der Waals surface area contributed by atoms with Crippen molar-refractivity contribution in [3.63, 3.8) is 0 Å². The lowest BCUT2D eigenvalue weighted by atomic mass is 9.98. The number of nitrogens with two attached hydrogens (primary N) is 1. The molecule has 1 aromatic carbocycles. The Morgan fingerprint density at radius 1 is 1.35 bits per heavy atom. The van der Waals surface area contributed by atoms with Crippen molar-refractivity contribution >= 4 is 11.6 Å². The van der Waals surface area contributed by atoms with Crippen LogP contribution in [0.4, 0.5) is 5.69 Å². The Morgan fingerprint density at radius 2 is 1.95 bits per heavy atom. The van der Waals surface area contributed by atoms with Crippen LogP contribution in [-0.2, 0) is 0 Å². The van der Waals surface area contributed by atoms with E-state index in [4.69, 9.17) is 5.73 Å². The molecule has 6 heteroatoms. The molecule has 1 saturated carbocycles. The molecule has 0 bridgehead atoms. The van der Waals surface area contributed by atoms with Gasteiger partial charge in [0.05, 0.1) is 4.92 Å². The van der Waals surface area contributed by atoms with Gasteiger partial charge in [0, 0.05) is 30.3 Å². The first-order chi connectivity index (χ1) is 9.61. The minimum absolute atomic E-state index is 0.0137. The number of nitrogens with zero attached hydrogens (tertiary/aromatic N) is 1. The molecule has 1 aliphatic carbocycles. The average molecular weight is 277 g/mol. The average Bonchev–Trinajstić information content (AvgIpc) is 2.98. The summed E-state index contributed by atoms with van der Waals surface area (Å²) in [5.41, 5.74) is 6.14. The van der Waals surface area contributed by atoms with Crippen LogP contribution in [0.1, 0.15) is 36.0 Å². The second-order valence-corrected chi connectivity index (χ2v) is 5.16. The SMILES string of the molecule is NCC(NC(=O)c1ccc([N+](=O)[O-])cc1)C1CCCC1. The summed E-state index contributed by atoms with van der Waals surface area (Å²) in [7, 11) is 0. The fraction of sp³-hybridized carbons (Fsp3) is 0.500. The van der Waals surface area contributed by atoms with Crippen LogP contribution in [0.2, 0.25) is 0 Å². The summed E-state index contributed by atoms with van der Waals surface area (Å²) in [6.45, 7) is 0.420. The molecule has 0 heterocycles. The van der Waals surface area contributed by atoms with Crippen molar-refractivity contribution in [3.05, 3.63) is 39.9 Å². The third kappa shape index (κ3) is 3.33. The van der Waals surface area contributed by atoms with Crippen molar-refractivity contribution in [2.75, 3.05) is 6.54 Å². The van der Waals surface area contributed by atoms with Crippen LogP contribution in [0.15, 0.2) is 24.3 Å². The maximum absolute atomic E-state index is 12.1. The molecule has 0 radical (unpaired) electrons. The molecule has 1 fully saturated rings. The quantitative estimate of drug-likeness (QED) is 0.633. The lowest BCUT2D eigenvalue weighted by Crippen LogP contribution is -2.44. The Kier molecular flexibility index (Phi) is 4.68. The van der Waals surface area contributed by atoms with Gasteiger partial charge in [-0.15, -0.1) is 0 Å². The van der Waals surface area contributed by atoms with Gasteiger partial charge in [-0.3, -0.25) is 14.9 Å². The molecule has 2 rings (SSSR count). The fourth-order valence-electron chi connectivity index (χ4n) is 2.72. The number of rotatable bonds is 5. The molecule has 0 aliphatic heterocycles. The van der Waals surface area contributed by atoms with E-state index in [1.54, 1.807) is 0 Å². The molecule has 0 spiro atoms. The van der Waals surface area contributed by atoms with Gasteiger partial charge in [-0.2, -0.15) is 0 Å². The summed E-state index contributed by atoms with van der Waals surface area (Å²) in [4.78, 5) is 22.2. The standard InChI is InChI=1S/C14H19N3O3/c15-9-13(10-3-1-2-4-10)16-14(18)11-5-7-12(8-6-11)17(19)20/h5-8,10,13H,1-4,9,15H2,(H,16,18). The first-order valence-electron chi connectivity index (χ1n) is 6.87. The number of nitro groups is 1. The molecule has 6 nitrogen and oxygen atoms in total. The van der Waals surface area contributed by atoms with Gasteiger partial charge in [0.2, 0.25) is 0 Å². The zero-order valence-electron chi connectivity index (χ0n) is 11.2. The van der Waals surface area contributed by atoms with Crippen LogP contribution < -0.4 is 11.1 Å². The normalized spacial score (nSPS) is 16.9. The topological polar surface area (TPSA) is 98.3 Å². The highest BCUT2D eigenvalue weighted by Crippen LogP contribution is 2.27. The summed E-state index contributed by atoms with van der Waals surface area (Å²) in [5, 5.41) is 13.5. The molecule has 1 amide bonds. The van der Waals surface area contributed by atoms with Crippen LogP contribution >= 0.6 is 0 Å². The third-order valence-corrected chi connectivity index (χ3v) is 3.88. The molecule has 1 atom stereocenters. The van der Waals surface area contributed by atoms with Crippen molar-refractivity contribution in [2.24, 2.45) is 11.7 Å². The lowest BCUT2D eigenvalue weighted by Gasteiger charge is -2.23. The number of carbonyl (C=O) groups is 1. The molecular weight excluding hydrogens is 258 g/mol. The van der Waals surface area contributed by atoms with Crippen molar-refractivity contribution < 1.29 is 9.72 Å². The maximum Gasteiger partial charge on any atom is 0.269 e. The summed E-state index contributed by atoms with van der Waals surface area (Å²) in [5.74, 6) is 0.226. The van der Waals surface area contributed by atoms with E-state index in [2.05, 4.69) is 5.32 Å². The van der Waals surface area contributed by atoms with Crippen LogP contribution in [-0.4, -0.2) is 23.4 Å². The largest absolute Gasteiger partial charge is 0.348 e. The molecule has 1 aromatic rings.